The van der Waals surface area contributed by atoms with Gasteiger partial charge in [0.2, 0.25) is 6.39 Å². The third kappa shape index (κ3) is 2.40. The second-order valence-electron chi connectivity index (χ2n) is 3.06. The maximum Gasteiger partial charge on any atom is 0.213 e. The molecule has 2 aromatic rings. The molecule has 7 heteroatoms. The summed E-state index contributed by atoms with van der Waals surface area (Å²) in [6.07, 6.45) is 1.09. The van der Waals surface area contributed by atoms with Crippen LogP contribution in [0.25, 0.3) is 0 Å². The van der Waals surface area contributed by atoms with E-state index in [4.69, 9.17) is 11.6 Å². The summed E-state index contributed by atoms with van der Waals surface area (Å²) >= 11 is 5.67. The monoisotopic (exact) mass is 258 g/mol. The molecule has 0 N–H and O–H groups in total. The molecule has 5 nitrogen and oxygen atoms in total. The van der Waals surface area contributed by atoms with E-state index in [1.807, 2.05) is 0 Å². The summed E-state index contributed by atoms with van der Waals surface area (Å²) < 4.78 is 28.2. The molecule has 0 bridgehead atoms. The van der Waals surface area contributed by atoms with Crippen LogP contribution in [0.3, 0.4) is 0 Å². The summed E-state index contributed by atoms with van der Waals surface area (Å²) in [4.78, 5) is 3.84. The van der Waals surface area contributed by atoms with E-state index in [0.717, 1.165) is 6.39 Å². The zero-order valence-electron chi connectivity index (χ0n) is 8.00. The Labute approximate surface area is 97.0 Å². The van der Waals surface area contributed by atoms with Gasteiger partial charge in [-0.3, -0.25) is 0 Å². The first-order valence-electron chi connectivity index (χ1n) is 4.31. The van der Waals surface area contributed by atoms with Gasteiger partial charge in [0.05, 0.1) is 4.90 Å². The van der Waals surface area contributed by atoms with Crippen LogP contribution >= 0.6 is 11.6 Å². The number of aromatic nitrogens is 2. The smallest absolute Gasteiger partial charge is 0.213 e. The summed E-state index contributed by atoms with van der Waals surface area (Å²) in [6.45, 7) is 0. The number of rotatable bonds is 3. The predicted molar refractivity (Wildman–Crippen MR) is 56.6 cm³/mol. The lowest BCUT2D eigenvalue weighted by Crippen LogP contribution is -2.06. The van der Waals surface area contributed by atoms with Gasteiger partial charge in [-0.05, 0) is 24.3 Å². The molecule has 0 fully saturated rings. The van der Waals surface area contributed by atoms with Crippen molar-refractivity contribution >= 4 is 21.4 Å². The van der Waals surface area contributed by atoms with Crippen LogP contribution in [-0.2, 0) is 15.6 Å². The molecule has 1 heterocycles. The van der Waals surface area contributed by atoms with Gasteiger partial charge in [-0.25, -0.2) is 8.42 Å². The van der Waals surface area contributed by atoms with E-state index in [-0.39, 0.29) is 16.5 Å². The number of benzene rings is 1. The Morgan fingerprint density at radius 3 is 2.50 bits per heavy atom. The first-order valence-corrected chi connectivity index (χ1v) is 6.34. The average molecular weight is 259 g/mol. The fourth-order valence-corrected chi connectivity index (χ4v) is 2.46. The zero-order valence-corrected chi connectivity index (χ0v) is 9.57. The number of sulfone groups is 1. The zero-order chi connectivity index (χ0) is 11.6. The first-order chi connectivity index (χ1) is 7.58. The van der Waals surface area contributed by atoms with Crippen molar-refractivity contribution in [3.8, 4) is 0 Å². The van der Waals surface area contributed by atoms with Crippen molar-refractivity contribution in [2.45, 2.75) is 10.6 Å². The Balaban J connectivity index is 2.29. The summed E-state index contributed by atoms with van der Waals surface area (Å²) in [7, 11) is -3.44. The van der Waals surface area contributed by atoms with Crippen LogP contribution in [-0.4, -0.2) is 18.6 Å². The lowest BCUT2D eigenvalue weighted by molar-refractivity contribution is 0.411. The van der Waals surface area contributed by atoms with Crippen molar-refractivity contribution in [1.29, 1.82) is 0 Å². The quantitative estimate of drug-likeness (QED) is 0.838. The van der Waals surface area contributed by atoms with Crippen LogP contribution < -0.4 is 0 Å². The van der Waals surface area contributed by atoms with Gasteiger partial charge >= 0.3 is 0 Å². The van der Waals surface area contributed by atoms with Gasteiger partial charge in [-0.15, -0.1) is 0 Å². The molecule has 0 amide bonds. The van der Waals surface area contributed by atoms with E-state index in [2.05, 4.69) is 14.7 Å². The van der Waals surface area contributed by atoms with Gasteiger partial charge in [-0.1, -0.05) is 16.8 Å². The van der Waals surface area contributed by atoms with E-state index in [1.54, 1.807) is 0 Å². The van der Waals surface area contributed by atoms with Crippen LogP contribution in [0.15, 0.2) is 40.1 Å². The van der Waals surface area contributed by atoms with Crippen molar-refractivity contribution < 1.29 is 12.9 Å². The molecule has 0 spiro atoms. The second kappa shape index (κ2) is 4.23. The Bertz CT molecular complexity index is 563. The Kier molecular flexibility index (Phi) is 2.93. The van der Waals surface area contributed by atoms with Crippen molar-refractivity contribution in [2.24, 2.45) is 0 Å². The van der Waals surface area contributed by atoms with Gasteiger partial charge in [0, 0.05) is 5.02 Å². The SMILES string of the molecule is O=S(=O)(Cc1ncon1)c1ccc(Cl)cc1. The number of halogens is 1. The summed E-state index contributed by atoms with van der Waals surface area (Å²) in [5, 5.41) is 3.94. The van der Waals surface area contributed by atoms with E-state index >= 15 is 0 Å². The molecule has 1 aromatic carbocycles. The fourth-order valence-electron chi connectivity index (χ4n) is 1.15. The molecule has 84 valence electrons. The molecule has 0 aliphatic rings. The highest BCUT2D eigenvalue weighted by molar-refractivity contribution is 7.90. The van der Waals surface area contributed by atoms with E-state index in [1.165, 1.54) is 24.3 Å². The van der Waals surface area contributed by atoms with E-state index in [9.17, 15) is 8.42 Å². The summed E-state index contributed by atoms with van der Waals surface area (Å²) in [6, 6.07) is 5.92. The molecule has 0 aliphatic carbocycles. The van der Waals surface area contributed by atoms with Gasteiger partial charge in [0.1, 0.15) is 5.75 Å². The molecular formula is C9H7ClN2O3S. The molecule has 2 rings (SSSR count). The van der Waals surface area contributed by atoms with E-state index < -0.39 is 9.84 Å². The molecule has 0 radical (unpaired) electrons. The minimum Gasteiger partial charge on any atom is -0.343 e. The Morgan fingerprint density at radius 2 is 1.94 bits per heavy atom. The lowest BCUT2D eigenvalue weighted by Gasteiger charge is -2.01. The molecule has 0 saturated heterocycles. The Hall–Kier alpha value is -1.40. The minimum absolute atomic E-state index is 0.134. The lowest BCUT2D eigenvalue weighted by atomic mass is 10.4. The van der Waals surface area contributed by atoms with Crippen molar-refractivity contribution in [3.63, 3.8) is 0 Å². The molecular weight excluding hydrogens is 252 g/mol. The predicted octanol–water partition coefficient (Wildman–Crippen LogP) is 1.70. The highest BCUT2D eigenvalue weighted by Gasteiger charge is 2.17. The minimum atomic E-state index is -3.44. The molecule has 0 unspecified atom stereocenters. The van der Waals surface area contributed by atoms with Crippen LogP contribution in [0.4, 0.5) is 0 Å². The van der Waals surface area contributed by atoms with Gasteiger partial charge < -0.3 is 4.52 Å². The average Bonchev–Trinajstić information content (AvgIpc) is 2.70. The second-order valence-corrected chi connectivity index (χ2v) is 5.49. The van der Waals surface area contributed by atoms with Crippen LogP contribution in [0.2, 0.25) is 5.02 Å². The number of nitrogens with zero attached hydrogens (tertiary/aromatic N) is 2. The highest BCUT2D eigenvalue weighted by atomic mass is 35.5. The van der Waals surface area contributed by atoms with Crippen LogP contribution in [0.1, 0.15) is 5.82 Å². The van der Waals surface area contributed by atoms with Crippen molar-refractivity contribution in [1.82, 2.24) is 10.1 Å². The molecule has 16 heavy (non-hydrogen) atoms. The maximum absolute atomic E-state index is 11.8. The van der Waals surface area contributed by atoms with Gasteiger partial charge in [0.25, 0.3) is 0 Å². The van der Waals surface area contributed by atoms with Crippen LogP contribution in [0, 0.1) is 0 Å². The molecule has 0 saturated carbocycles. The van der Waals surface area contributed by atoms with Gasteiger partial charge in [-0.2, -0.15) is 4.98 Å². The molecule has 0 aliphatic heterocycles. The first kappa shape index (κ1) is 11.1. The maximum atomic E-state index is 11.8. The summed E-state index contributed by atoms with van der Waals surface area (Å²) in [5.41, 5.74) is 0. The van der Waals surface area contributed by atoms with Crippen molar-refractivity contribution in [3.05, 3.63) is 41.5 Å². The third-order valence-corrected chi connectivity index (χ3v) is 3.78. The van der Waals surface area contributed by atoms with Crippen LogP contribution in [0.5, 0.6) is 0 Å². The normalized spacial score (nSPS) is 11.6. The fraction of sp³-hybridized carbons (Fsp3) is 0.111. The topological polar surface area (TPSA) is 73.1 Å². The van der Waals surface area contributed by atoms with E-state index in [0.29, 0.717) is 5.02 Å². The molecule has 1 aromatic heterocycles. The number of hydrogen-bond donors (Lipinski definition) is 0. The largest absolute Gasteiger partial charge is 0.343 e. The van der Waals surface area contributed by atoms with Crippen molar-refractivity contribution in [2.75, 3.05) is 0 Å². The third-order valence-electron chi connectivity index (χ3n) is 1.90. The summed E-state index contributed by atoms with van der Waals surface area (Å²) in [5.74, 6) is -0.152. The standard InChI is InChI=1S/C9H7ClN2O3S/c10-7-1-3-8(4-2-7)16(13,14)5-9-11-6-15-12-9/h1-4,6H,5H2. The van der Waals surface area contributed by atoms with Gasteiger partial charge in [0.15, 0.2) is 15.7 Å². The highest BCUT2D eigenvalue weighted by Crippen LogP contribution is 2.17. The number of hydrogen-bond acceptors (Lipinski definition) is 5. The molecule has 0 atom stereocenters. The Morgan fingerprint density at radius 1 is 1.25 bits per heavy atom.